The summed E-state index contributed by atoms with van der Waals surface area (Å²) in [6.07, 6.45) is 2.53. The maximum Gasteiger partial charge on any atom is 0.243 e. The first kappa shape index (κ1) is 15.5. The largest absolute Gasteiger partial charge is 0.328 e. The van der Waals surface area contributed by atoms with Gasteiger partial charge in [-0.25, -0.2) is 8.42 Å². The molecule has 1 aliphatic heterocycles. The summed E-state index contributed by atoms with van der Waals surface area (Å²) in [5.74, 6) is 0.458. The van der Waals surface area contributed by atoms with Crippen LogP contribution in [0.15, 0.2) is 29.2 Å². The van der Waals surface area contributed by atoms with Gasteiger partial charge >= 0.3 is 0 Å². The molecule has 1 aliphatic rings. The zero-order chi connectivity index (χ0) is 14.8. The van der Waals surface area contributed by atoms with Crippen LogP contribution in [0.1, 0.15) is 44.6 Å². The molecular weight excluding hydrogens is 272 g/mol. The number of benzene rings is 1. The van der Waals surface area contributed by atoms with E-state index in [4.69, 9.17) is 5.73 Å². The first-order valence-corrected chi connectivity index (χ1v) is 8.75. The van der Waals surface area contributed by atoms with E-state index in [1.807, 2.05) is 12.1 Å². The number of nitrogens with zero attached hydrogens (tertiary/aromatic N) is 1. The van der Waals surface area contributed by atoms with Crippen LogP contribution in [0, 0.1) is 0 Å². The molecule has 112 valence electrons. The van der Waals surface area contributed by atoms with E-state index in [1.165, 1.54) is 5.56 Å². The highest BCUT2D eigenvalue weighted by molar-refractivity contribution is 7.89. The number of rotatable bonds is 4. The normalized spacial score (nSPS) is 19.9. The Kier molecular flexibility index (Phi) is 4.83. The minimum atomic E-state index is -3.36. The van der Waals surface area contributed by atoms with Gasteiger partial charge in [0.15, 0.2) is 0 Å². The smallest absolute Gasteiger partial charge is 0.243 e. The molecule has 1 atom stereocenters. The number of hydrogen-bond donors (Lipinski definition) is 1. The molecule has 1 heterocycles. The molecule has 1 unspecified atom stereocenters. The highest BCUT2D eigenvalue weighted by Gasteiger charge is 2.28. The van der Waals surface area contributed by atoms with Crippen LogP contribution in [-0.2, 0) is 10.0 Å². The van der Waals surface area contributed by atoms with Gasteiger partial charge in [0.05, 0.1) is 4.90 Å². The van der Waals surface area contributed by atoms with Crippen LogP contribution in [-0.4, -0.2) is 31.9 Å². The highest BCUT2D eigenvalue weighted by Crippen LogP contribution is 2.24. The second-order valence-corrected chi connectivity index (χ2v) is 7.56. The third-order valence-corrected chi connectivity index (χ3v) is 6.11. The van der Waals surface area contributed by atoms with Crippen molar-refractivity contribution in [2.45, 2.75) is 50.0 Å². The Labute approximate surface area is 122 Å². The topological polar surface area (TPSA) is 63.4 Å². The minimum Gasteiger partial charge on any atom is -0.328 e. The summed E-state index contributed by atoms with van der Waals surface area (Å²) in [7, 11) is -3.36. The second-order valence-electron chi connectivity index (χ2n) is 5.62. The maximum absolute atomic E-state index is 12.5. The van der Waals surface area contributed by atoms with E-state index < -0.39 is 10.0 Å². The molecule has 0 saturated carbocycles. The van der Waals surface area contributed by atoms with Gasteiger partial charge in [0, 0.05) is 19.1 Å². The maximum atomic E-state index is 12.5. The van der Waals surface area contributed by atoms with E-state index in [-0.39, 0.29) is 6.04 Å². The third-order valence-electron chi connectivity index (χ3n) is 4.20. The molecule has 1 fully saturated rings. The zero-order valence-corrected chi connectivity index (χ0v) is 13.1. The van der Waals surface area contributed by atoms with E-state index in [1.54, 1.807) is 16.4 Å². The first-order valence-electron chi connectivity index (χ1n) is 7.31. The molecule has 0 aromatic heterocycles. The number of piperidine rings is 1. The van der Waals surface area contributed by atoms with Crippen LogP contribution < -0.4 is 5.73 Å². The standard InChI is InChI=1S/C15H24N2O2S/c1-3-12(2)13-4-6-15(7-5-13)20(18,19)17-10-8-14(16)9-11-17/h4-7,12,14H,3,8-11,16H2,1-2H3. The molecule has 1 aromatic rings. The lowest BCUT2D eigenvalue weighted by Gasteiger charge is -2.29. The van der Waals surface area contributed by atoms with Crippen LogP contribution in [0.3, 0.4) is 0 Å². The average Bonchev–Trinajstić information content (AvgIpc) is 2.47. The van der Waals surface area contributed by atoms with Gasteiger partial charge in [-0.1, -0.05) is 26.0 Å². The van der Waals surface area contributed by atoms with Crippen molar-refractivity contribution in [3.05, 3.63) is 29.8 Å². The monoisotopic (exact) mass is 296 g/mol. The van der Waals surface area contributed by atoms with Crippen molar-refractivity contribution in [2.75, 3.05) is 13.1 Å². The Bertz CT molecular complexity index is 531. The van der Waals surface area contributed by atoms with Gasteiger partial charge < -0.3 is 5.73 Å². The van der Waals surface area contributed by atoms with Gasteiger partial charge in [-0.3, -0.25) is 0 Å². The van der Waals surface area contributed by atoms with Gasteiger partial charge in [-0.15, -0.1) is 0 Å². The SMILES string of the molecule is CCC(C)c1ccc(S(=O)(=O)N2CCC(N)CC2)cc1. The third kappa shape index (κ3) is 3.22. The summed E-state index contributed by atoms with van der Waals surface area (Å²) in [6, 6.07) is 7.44. The molecule has 1 saturated heterocycles. The van der Waals surface area contributed by atoms with E-state index in [0.717, 1.165) is 19.3 Å². The number of hydrogen-bond acceptors (Lipinski definition) is 3. The van der Waals surface area contributed by atoms with Crippen molar-refractivity contribution < 1.29 is 8.42 Å². The Morgan fingerprint density at radius 1 is 1.25 bits per heavy atom. The van der Waals surface area contributed by atoms with Crippen molar-refractivity contribution in [1.29, 1.82) is 0 Å². The average molecular weight is 296 g/mol. The van der Waals surface area contributed by atoms with E-state index in [9.17, 15) is 8.42 Å². The van der Waals surface area contributed by atoms with Crippen LogP contribution in [0.2, 0.25) is 0 Å². The van der Waals surface area contributed by atoms with Crippen molar-refractivity contribution in [3.8, 4) is 0 Å². The van der Waals surface area contributed by atoms with Crippen molar-refractivity contribution >= 4 is 10.0 Å². The highest BCUT2D eigenvalue weighted by atomic mass is 32.2. The summed E-state index contributed by atoms with van der Waals surface area (Å²) in [6.45, 7) is 5.33. The fourth-order valence-electron chi connectivity index (χ4n) is 2.47. The summed E-state index contributed by atoms with van der Waals surface area (Å²) in [5.41, 5.74) is 7.01. The molecule has 1 aromatic carbocycles. The Balaban J connectivity index is 2.17. The number of nitrogens with two attached hydrogens (primary N) is 1. The fourth-order valence-corrected chi connectivity index (χ4v) is 3.94. The lowest BCUT2D eigenvalue weighted by molar-refractivity contribution is 0.320. The molecule has 0 spiro atoms. The van der Waals surface area contributed by atoms with Crippen molar-refractivity contribution in [1.82, 2.24) is 4.31 Å². The molecule has 20 heavy (non-hydrogen) atoms. The summed E-state index contributed by atoms with van der Waals surface area (Å²) in [5, 5.41) is 0. The van der Waals surface area contributed by atoms with Crippen LogP contribution in [0.25, 0.3) is 0 Å². The summed E-state index contributed by atoms with van der Waals surface area (Å²) < 4.78 is 26.6. The molecule has 5 heteroatoms. The van der Waals surface area contributed by atoms with Gasteiger partial charge in [0.1, 0.15) is 0 Å². The molecule has 4 nitrogen and oxygen atoms in total. The lowest BCUT2D eigenvalue weighted by Crippen LogP contribution is -2.42. The zero-order valence-electron chi connectivity index (χ0n) is 12.2. The quantitative estimate of drug-likeness (QED) is 0.927. The van der Waals surface area contributed by atoms with E-state index >= 15 is 0 Å². The Morgan fingerprint density at radius 3 is 2.30 bits per heavy atom. The summed E-state index contributed by atoms with van der Waals surface area (Å²) in [4.78, 5) is 0.389. The van der Waals surface area contributed by atoms with Crippen LogP contribution >= 0.6 is 0 Å². The number of sulfonamides is 1. The Hall–Kier alpha value is -0.910. The molecule has 2 rings (SSSR count). The van der Waals surface area contributed by atoms with Crippen LogP contribution in [0.4, 0.5) is 0 Å². The van der Waals surface area contributed by atoms with E-state index in [2.05, 4.69) is 13.8 Å². The lowest BCUT2D eigenvalue weighted by atomic mass is 9.99. The first-order chi connectivity index (χ1) is 9.45. The predicted molar refractivity (Wildman–Crippen MR) is 81.1 cm³/mol. The van der Waals surface area contributed by atoms with E-state index in [0.29, 0.717) is 23.9 Å². The molecule has 0 radical (unpaired) electrons. The van der Waals surface area contributed by atoms with Crippen molar-refractivity contribution in [2.24, 2.45) is 5.73 Å². The Morgan fingerprint density at radius 2 is 1.80 bits per heavy atom. The van der Waals surface area contributed by atoms with Crippen molar-refractivity contribution in [3.63, 3.8) is 0 Å². The van der Waals surface area contributed by atoms with Gasteiger partial charge in [-0.2, -0.15) is 4.31 Å². The predicted octanol–water partition coefficient (Wildman–Crippen LogP) is 2.31. The van der Waals surface area contributed by atoms with Gasteiger partial charge in [0.25, 0.3) is 0 Å². The molecular formula is C15H24N2O2S. The second kappa shape index (κ2) is 6.24. The molecule has 2 N–H and O–H groups in total. The summed E-state index contributed by atoms with van der Waals surface area (Å²) >= 11 is 0. The molecule has 0 aliphatic carbocycles. The fraction of sp³-hybridized carbons (Fsp3) is 0.600. The van der Waals surface area contributed by atoms with Gasteiger partial charge in [0.2, 0.25) is 10.0 Å². The van der Waals surface area contributed by atoms with Gasteiger partial charge in [-0.05, 0) is 42.9 Å². The molecule has 0 amide bonds. The van der Waals surface area contributed by atoms with Crippen LogP contribution in [0.5, 0.6) is 0 Å². The molecule has 0 bridgehead atoms. The minimum absolute atomic E-state index is 0.134.